The molecular formula is C20H38O7S. The van der Waals surface area contributed by atoms with Crippen LogP contribution >= 0.6 is 0 Å². The van der Waals surface area contributed by atoms with Gasteiger partial charge in [-0.05, 0) is 24.7 Å². The lowest BCUT2D eigenvalue weighted by atomic mass is 10.1. The van der Waals surface area contributed by atoms with E-state index in [1.807, 2.05) is 0 Å². The van der Waals surface area contributed by atoms with Crippen molar-refractivity contribution in [2.45, 2.75) is 90.7 Å². The highest BCUT2D eigenvalue weighted by Gasteiger charge is 2.35. The summed E-state index contributed by atoms with van der Waals surface area (Å²) in [5, 5.41) is -1.93. The van der Waals surface area contributed by atoms with E-state index in [9.17, 15) is 22.6 Å². The summed E-state index contributed by atoms with van der Waals surface area (Å²) >= 11 is 0. The molecule has 1 N–H and O–H groups in total. The molecule has 28 heavy (non-hydrogen) atoms. The zero-order valence-electron chi connectivity index (χ0n) is 17.8. The quantitative estimate of drug-likeness (QED) is 0.226. The Labute approximate surface area is 170 Å². The van der Waals surface area contributed by atoms with E-state index in [4.69, 9.17) is 9.47 Å². The van der Waals surface area contributed by atoms with Crippen molar-refractivity contribution in [1.29, 1.82) is 0 Å². The van der Waals surface area contributed by atoms with Crippen LogP contribution in [0.15, 0.2) is 0 Å². The average Bonchev–Trinajstić information content (AvgIpc) is 2.57. The van der Waals surface area contributed by atoms with Crippen LogP contribution in [0.1, 0.15) is 85.5 Å². The summed E-state index contributed by atoms with van der Waals surface area (Å²) in [6, 6.07) is 0. The van der Waals surface area contributed by atoms with Crippen LogP contribution in [-0.4, -0.2) is 43.4 Å². The van der Waals surface area contributed by atoms with Crippen molar-refractivity contribution in [1.82, 2.24) is 0 Å². The number of esters is 2. The van der Waals surface area contributed by atoms with Crippen molar-refractivity contribution in [2.24, 2.45) is 11.8 Å². The number of carbonyl (C=O) groups excluding carboxylic acids is 2. The van der Waals surface area contributed by atoms with Gasteiger partial charge in [0.25, 0.3) is 10.1 Å². The zero-order chi connectivity index (χ0) is 21.6. The fourth-order valence-electron chi connectivity index (χ4n) is 2.64. The first-order valence-electron chi connectivity index (χ1n) is 10.3. The second-order valence-corrected chi connectivity index (χ2v) is 9.68. The van der Waals surface area contributed by atoms with Crippen LogP contribution in [0.25, 0.3) is 0 Å². The van der Waals surface area contributed by atoms with Gasteiger partial charge < -0.3 is 9.47 Å². The molecule has 0 radical (unpaired) electrons. The molecule has 0 aromatic rings. The molecule has 8 heteroatoms. The minimum atomic E-state index is -4.74. The first kappa shape index (κ1) is 26.9. The van der Waals surface area contributed by atoms with Gasteiger partial charge in [-0.3, -0.25) is 14.1 Å². The number of hydrogen-bond donors (Lipinski definition) is 1. The van der Waals surface area contributed by atoms with Crippen molar-refractivity contribution < 1.29 is 32.0 Å². The van der Waals surface area contributed by atoms with Gasteiger partial charge in [-0.1, -0.05) is 66.2 Å². The van der Waals surface area contributed by atoms with E-state index in [-0.39, 0.29) is 13.2 Å². The Balaban J connectivity index is 4.22. The summed E-state index contributed by atoms with van der Waals surface area (Å²) in [6.45, 7) is 8.76. The van der Waals surface area contributed by atoms with Gasteiger partial charge in [-0.15, -0.1) is 0 Å². The molecule has 0 fully saturated rings. The van der Waals surface area contributed by atoms with Gasteiger partial charge in [0.2, 0.25) is 0 Å². The molecule has 166 valence electrons. The zero-order valence-corrected chi connectivity index (χ0v) is 18.6. The first-order valence-corrected chi connectivity index (χ1v) is 11.8. The maximum Gasteiger partial charge on any atom is 0.327 e. The van der Waals surface area contributed by atoms with Crippen molar-refractivity contribution in [2.75, 3.05) is 13.2 Å². The summed E-state index contributed by atoms with van der Waals surface area (Å²) in [6.07, 6.45) is 6.52. The second-order valence-electron chi connectivity index (χ2n) is 8.08. The van der Waals surface area contributed by atoms with Crippen LogP contribution in [0, 0.1) is 11.8 Å². The fraction of sp³-hybridized carbons (Fsp3) is 0.900. The Morgan fingerprint density at radius 1 is 0.786 bits per heavy atom. The van der Waals surface area contributed by atoms with Crippen molar-refractivity contribution in [3.8, 4) is 0 Å². The summed E-state index contributed by atoms with van der Waals surface area (Å²) in [4.78, 5) is 23.8. The summed E-state index contributed by atoms with van der Waals surface area (Å²) in [7, 11) is -4.74. The smallest absolute Gasteiger partial charge is 0.327 e. The second kappa shape index (κ2) is 14.8. The molecule has 7 nitrogen and oxygen atoms in total. The van der Waals surface area contributed by atoms with Crippen LogP contribution in [0.4, 0.5) is 0 Å². The van der Waals surface area contributed by atoms with E-state index in [1.54, 1.807) is 0 Å². The molecule has 0 aromatic carbocycles. The van der Waals surface area contributed by atoms with E-state index >= 15 is 0 Å². The largest absolute Gasteiger partial charge is 0.466 e. The number of carbonyl (C=O) groups is 2. The SMILES string of the molecule is CC(C)CCCCCOC(=O)CC(C(=O)OCCCCCC(C)C)S(=O)(=O)O. The Morgan fingerprint density at radius 2 is 1.25 bits per heavy atom. The van der Waals surface area contributed by atoms with Crippen molar-refractivity contribution in [3.05, 3.63) is 0 Å². The van der Waals surface area contributed by atoms with Gasteiger partial charge in [0.05, 0.1) is 19.6 Å². The number of rotatable bonds is 16. The summed E-state index contributed by atoms with van der Waals surface area (Å²) in [5.41, 5.74) is 0. The summed E-state index contributed by atoms with van der Waals surface area (Å²) < 4.78 is 42.1. The van der Waals surface area contributed by atoms with Crippen LogP contribution in [0.5, 0.6) is 0 Å². The standard InChI is InChI=1S/C20H38O7S/c1-16(2)11-7-5-9-13-26-19(21)15-18(28(23,24)25)20(22)27-14-10-6-8-12-17(3)4/h16-18H,5-15H2,1-4H3,(H,23,24,25). The normalized spacial score (nSPS) is 13.0. The minimum absolute atomic E-state index is 0.0633. The molecular weight excluding hydrogens is 384 g/mol. The predicted octanol–water partition coefficient (Wildman–Crippen LogP) is 4.15. The van der Waals surface area contributed by atoms with Crippen molar-refractivity contribution in [3.63, 3.8) is 0 Å². The lowest BCUT2D eigenvalue weighted by molar-refractivity contribution is -0.150. The third kappa shape index (κ3) is 14.9. The molecule has 0 aliphatic carbocycles. The van der Waals surface area contributed by atoms with E-state index in [0.717, 1.165) is 38.5 Å². The molecule has 0 spiro atoms. The van der Waals surface area contributed by atoms with Crippen LogP contribution in [0.3, 0.4) is 0 Å². The molecule has 0 saturated carbocycles. The van der Waals surface area contributed by atoms with Gasteiger partial charge in [0.15, 0.2) is 5.25 Å². The molecule has 0 aliphatic heterocycles. The van der Waals surface area contributed by atoms with Gasteiger partial charge >= 0.3 is 11.9 Å². The molecule has 0 heterocycles. The number of ether oxygens (including phenoxy) is 2. The molecule has 0 saturated heterocycles. The van der Waals surface area contributed by atoms with E-state index < -0.39 is 33.7 Å². The molecule has 0 rings (SSSR count). The molecule has 0 aliphatic rings. The third-order valence-electron chi connectivity index (χ3n) is 4.33. The molecule has 1 atom stereocenters. The van der Waals surface area contributed by atoms with Crippen LogP contribution in [-0.2, 0) is 29.2 Å². The Kier molecular flexibility index (Phi) is 14.2. The Bertz CT molecular complexity index is 541. The maximum atomic E-state index is 12.0. The Hall–Kier alpha value is -1.15. The number of hydrogen-bond acceptors (Lipinski definition) is 6. The molecule has 0 aromatic heterocycles. The van der Waals surface area contributed by atoms with Crippen LogP contribution in [0.2, 0.25) is 0 Å². The highest BCUT2D eigenvalue weighted by molar-refractivity contribution is 7.87. The Morgan fingerprint density at radius 3 is 1.68 bits per heavy atom. The van der Waals surface area contributed by atoms with E-state index in [1.165, 1.54) is 0 Å². The van der Waals surface area contributed by atoms with Crippen molar-refractivity contribution >= 4 is 22.1 Å². The monoisotopic (exact) mass is 422 g/mol. The fourth-order valence-corrected chi connectivity index (χ4v) is 3.29. The topological polar surface area (TPSA) is 107 Å². The van der Waals surface area contributed by atoms with Gasteiger partial charge in [-0.2, -0.15) is 8.42 Å². The molecule has 1 unspecified atom stereocenters. The summed E-state index contributed by atoms with van der Waals surface area (Å²) in [5.74, 6) is -0.715. The predicted molar refractivity (Wildman–Crippen MR) is 108 cm³/mol. The van der Waals surface area contributed by atoms with Gasteiger partial charge in [-0.25, -0.2) is 0 Å². The van der Waals surface area contributed by atoms with Gasteiger partial charge in [0, 0.05) is 0 Å². The highest BCUT2D eigenvalue weighted by atomic mass is 32.2. The van der Waals surface area contributed by atoms with Gasteiger partial charge in [0.1, 0.15) is 0 Å². The average molecular weight is 423 g/mol. The van der Waals surface area contributed by atoms with E-state index in [2.05, 4.69) is 27.7 Å². The lowest BCUT2D eigenvalue weighted by Crippen LogP contribution is -2.34. The lowest BCUT2D eigenvalue weighted by Gasteiger charge is -2.13. The minimum Gasteiger partial charge on any atom is -0.466 e. The molecule has 0 amide bonds. The third-order valence-corrected chi connectivity index (χ3v) is 5.41. The molecule has 0 bridgehead atoms. The van der Waals surface area contributed by atoms with E-state index in [0.29, 0.717) is 24.7 Å². The highest BCUT2D eigenvalue weighted by Crippen LogP contribution is 2.12. The maximum absolute atomic E-state index is 12.0. The van der Waals surface area contributed by atoms with Crippen LogP contribution < -0.4 is 0 Å². The first-order chi connectivity index (χ1) is 13.0. The number of unbranched alkanes of at least 4 members (excludes halogenated alkanes) is 4.